The Morgan fingerprint density at radius 1 is 1.10 bits per heavy atom. The summed E-state index contributed by atoms with van der Waals surface area (Å²) in [6, 6.07) is 10.9. The van der Waals surface area contributed by atoms with Crippen LogP contribution in [0.25, 0.3) is 22.3 Å². The molecule has 0 atom stereocenters. The summed E-state index contributed by atoms with van der Waals surface area (Å²) in [4.78, 5) is 19.3. The van der Waals surface area contributed by atoms with E-state index in [1.165, 1.54) is 6.07 Å². The Labute approximate surface area is 121 Å². The van der Waals surface area contributed by atoms with Crippen LogP contribution in [0.15, 0.2) is 42.6 Å². The Bertz CT molecular complexity index is 859. The van der Waals surface area contributed by atoms with Gasteiger partial charge in [0.15, 0.2) is 5.82 Å². The fourth-order valence-electron chi connectivity index (χ4n) is 2.29. The Morgan fingerprint density at radius 3 is 2.62 bits per heavy atom. The Balaban J connectivity index is 2.10. The molecule has 0 unspecified atom stereocenters. The molecule has 3 rings (SSSR count). The van der Waals surface area contributed by atoms with Gasteiger partial charge in [-0.15, -0.1) is 0 Å². The summed E-state index contributed by atoms with van der Waals surface area (Å²) in [6.45, 7) is 3.74. The Hall–Kier alpha value is -2.82. The van der Waals surface area contributed by atoms with Crippen LogP contribution in [0.4, 0.5) is 5.69 Å². The van der Waals surface area contributed by atoms with Crippen molar-refractivity contribution in [2.45, 2.75) is 13.8 Å². The maximum absolute atomic E-state index is 10.9. The smallest absolute Gasteiger partial charge is 0.258 e. The third-order valence-corrected chi connectivity index (χ3v) is 3.39. The molecule has 0 saturated heterocycles. The Morgan fingerprint density at radius 2 is 1.90 bits per heavy atom. The summed E-state index contributed by atoms with van der Waals surface area (Å²) >= 11 is 0. The number of aryl methyl sites for hydroxylation is 2. The minimum absolute atomic E-state index is 0.107. The van der Waals surface area contributed by atoms with Crippen molar-refractivity contribution in [2.24, 2.45) is 0 Å². The van der Waals surface area contributed by atoms with Crippen molar-refractivity contribution in [2.75, 3.05) is 0 Å². The van der Waals surface area contributed by atoms with Crippen LogP contribution < -0.4 is 0 Å². The Kier molecular flexibility index (Phi) is 3.10. The molecule has 0 aliphatic rings. The van der Waals surface area contributed by atoms with Gasteiger partial charge in [-0.05, 0) is 38.1 Å². The van der Waals surface area contributed by atoms with Crippen LogP contribution in [-0.2, 0) is 0 Å². The lowest BCUT2D eigenvalue weighted by molar-refractivity contribution is -0.385. The number of nitro groups is 1. The second-order valence-electron chi connectivity index (χ2n) is 5.01. The van der Waals surface area contributed by atoms with Crippen molar-refractivity contribution >= 4 is 16.6 Å². The zero-order valence-electron chi connectivity index (χ0n) is 11.7. The maximum atomic E-state index is 10.9. The summed E-state index contributed by atoms with van der Waals surface area (Å²) < 4.78 is 0. The maximum Gasteiger partial charge on any atom is 0.272 e. The number of hydrogen-bond acceptors (Lipinski definition) is 4. The quantitative estimate of drug-likeness (QED) is 0.528. The van der Waals surface area contributed by atoms with E-state index in [9.17, 15) is 10.1 Å². The van der Waals surface area contributed by atoms with Crippen LogP contribution in [0.5, 0.6) is 0 Å². The van der Waals surface area contributed by atoms with E-state index in [-0.39, 0.29) is 10.6 Å². The largest absolute Gasteiger partial charge is 0.272 e. The zero-order valence-corrected chi connectivity index (χ0v) is 11.7. The van der Waals surface area contributed by atoms with Crippen LogP contribution in [0, 0.1) is 24.0 Å². The van der Waals surface area contributed by atoms with Gasteiger partial charge in [0.05, 0.1) is 10.4 Å². The monoisotopic (exact) mass is 279 g/mol. The van der Waals surface area contributed by atoms with Gasteiger partial charge in [-0.1, -0.05) is 11.6 Å². The van der Waals surface area contributed by atoms with E-state index < -0.39 is 0 Å². The van der Waals surface area contributed by atoms with Crippen molar-refractivity contribution in [3.05, 3.63) is 63.8 Å². The SMILES string of the molecule is Cc1ccc2nc(-c3ccc([N+](=O)[O-])c(C)c3)ncc2c1. The number of benzene rings is 2. The van der Waals surface area contributed by atoms with Crippen molar-refractivity contribution in [3.63, 3.8) is 0 Å². The highest BCUT2D eigenvalue weighted by Gasteiger charge is 2.12. The topological polar surface area (TPSA) is 68.9 Å². The van der Waals surface area contributed by atoms with Crippen LogP contribution >= 0.6 is 0 Å². The molecule has 0 fully saturated rings. The molecule has 0 radical (unpaired) electrons. The molecule has 0 aliphatic carbocycles. The van der Waals surface area contributed by atoms with Gasteiger partial charge in [-0.3, -0.25) is 10.1 Å². The molecule has 0 amide bonds. The molecule has 5 nitrogen and oxygen atoms in total. The standard InChI is InChI=1S/C16H13N3O2/c1-10-3-5-14-13(7-10)9-17-16(18-14)12-4-6-15(19(20)21)11(2)8-12/h3-9H,1-2H3. The van der Waals surface area contributed by atoms with Crippen molar-refractivity contribution in [1.82, 2.24) is 9.97 Å². The summed E-state index contributed by atoms with van der Waals surface area (Å²) in [6.07, 6.45) is 1.78. The first kappa shape index (κ1) is 13.2. The van der Waals surface area contributed by atoms with Gasteiger partial charge < -0.3 is 0 Å². The van der Waals surface area contributed by atoms with E-state index >= 15 is 0 Å². The van der Waals surface area contributed by atoms with Gasteiger partial charge in [0.2, 0.25) is 0 Å². The lowest BCUT2D eigenvalue weighted by Gasteiger charge is -2.04. The summed E-state index contributed by atoms with van der Waals surface area (Å²) in [7, 11) is 0. The second-order valence-corrected chi connectivity index (χ2v) is 5.01. The van der Waals surface area contributed by atoms with Crippen molar-refractivity contribution in [1.29, 1.82) is 0 Å². The summed E-state index contributed by atoms with van der Waals surface area (Å²) in [5.41, 5.74) is 3.51. The number of hydrogen-bond donors (Lipinski definition) is 0. The van der Waals surface area contributed by atoms with Crippen LogP contribution in [0.2, 0.25) is 0 Å². The minimum Gasteiger partial charge on any atom is -0.258 e. The van der Waals surface area contributed by atoms with E-state index in [1.807, 2.05) is 25.1 Å². The van der Waals surface area contributed by atoms with Gasteiger partial charge in [-0.2, -0.15) is 0 Å². The molecule has 0 N–H and O–H groups in total. The third kappa shape index (κ3) is 2.45. The molecule has 5 heteroatoms. The minimum atomic E-state index is -0.386. The number of fused-ring (bicyclic) bond motifs is 1. The molecule has 0 spiro atoms. The molecule has 1 heterocycles. The van der Waals surface area contributed by atoms with Crippen LogP contribution in [-0.4, -0.2) is 14.9 Å². The van der Waals surface area contributed by atoms with E-state index in [0.717, 1.165) is 22.0 Å². The van der Waals surface area contributed by atoms with Gasteiger partial charge in [0.1, 0.15) is 0 Å². The number of nitro benzene ring substituents is 1. The van der Waals surface area contributed by atoms with E-state index in [2.05, 4.69) is 9.97 Å². The molecule has 3 aromatic rings. The van der Waals surface area contributed by atoms with Gasteiger partial charge in [0.25, 0.3) is 5.69 Å². The normalized spacial score (nSPS) is 10.8. The number of nitrogens with zero attached hydrogens (tertiary/aromatic N) is 3. The van der Waals surface area contributed by atoms with Gasteiger partial charge in [-0.25, -0.2) is 9.97 Å². The molecule has 21 heavy (non-hydrogen) atoms. The first-order valence-electron chi connectivity index (χ1n) is 6.53. The average molecular weight is 279 g/mol. The van der Waals surface area contributed by atoms with Crippen LogP contribution in [0.1, 0.15) is 11.1 Å². The first-order valence-corrected chi connectivity index (χ1v) is 6.53. The predicted molar refractivity (Wildman–Crippen MR) is 81.1 cm³/mol. The fourth-order valence-corrected chi connectivity index (χ4v) is 2.29. The predicted octanol–water partition coefficient (Wildman–Crippen LogP) is 3.82. The molecular formula is C16H13N3O2. The average Bonchev–Trinajstić information content (AvgIpc) is 2.46. The molecular weight excluding hydrogens is 266 g/mol. The highest BCUT2D eigenvalue weighted by atomic mass is 16.6. The molecule has 104 valence electrons. The van der Waals surface area contributed by atoms with Gasteiger partial charge >= 0.3 is 0 Å². The number of rotatable bonds is 2. The lowest BCUT2D eigenvalue weighted by Crippen LogP contribution is -1.94. The number of aromatic nitrogens is 2. The first-order chi connectivity index (χ1) is 10.0. The highest BCUT2D eigenvalue weighted by molar-refractivity contribution is 5.80. The highest BCUT2D eigenvalue weighted by Crippen LogP contribution is 2.25. The van der Waals surface area contributed by atoms with Crippen molar-refractivity contribution < 1.29 is 4.92 Å². The molecule has 0 bridgehead atoms. The molecule has 0 aliphatic heterocycles. The van der Waals surface area contributed by atoms with Crippen molar-refractivity contribution in [3.8, 4) is 11.4 Å². The zero-order chi connectivity index (χ0) is 15.0. The molecule has 1 aromatic heterocycles. The van der Waals surface area contributed by atoms with Gasteiger partial charge in [0, 0.05) is 28.8 Å². The van der Waals surface area contributed by atoms with E-state index in [4.69, 9.17) is 0 Å². The summed E-state index contributed by atoms with van der Waals surface area (Å²) in [5, 5.41) is 11.8. The second kappa shape index (κ2) is 4.94. The summed E-state index contributed by atoms with van der Waals surface area (Å²) in [5.74, 6) is 0.573. The third-order valence-electron chi connectivity index (χ3n) is 3.39. The van der Waals surface area contributed by atoms with E-state index in [1.54, 1.807) is 25.3 Å². The van der Waals surface area contributed by atoms with Crippen LogP contribution in [0.3, 0.4) is 0 Å². The lowest BCUT2D eigenvalue weighted by atomic mass is 10.1. The molecule has 0 saturated carbocycles. The molecule has 2 aromatic carbocycles. The fraction of sp³-hybridized carbons (Fsp3) is 0.125. The van der Waals surface area contributed by atoms with E-state index in [0.29, 0.717) is 11.4 Å².